The van der Waals surface area contributed by atoms with Crippen LogP contribution >= 0.6 is 0 Å². The van der Waals surface area contributed by atoms with Crippen LogP contribution in [0.25, 0.3) is 0 Å². The highest BCUT2D eigenvalue weighted by molar-refractivity contribution is 7.76. The lowest BCUT2D eigenvalue weighted by molar-refractivity contribution is 0.0269. The summed E-state index contributed by atoms with van der Waals surface area (Å²) in [4.78, 5) is 18.1. The smallest absolute Gasteiger partial charge is 0.256 e. The Balaban J connectivity index is 2.57. The van der Waals surface area contributed by atoms with Gasteiger partial charge in [-0.2, -0.15) is 0 Å². The fraction of sp³-hybridized carbons (Fsp3) is 0.222. The lowest BCUT2D eigenvalue weighted by Gasteiger charge is -2.09. The van der Waals surface area contributed by atoms with Gasteiger partial charge in [-0.1, -0.05) is 35.2 Å². The van der Waals surface area contributed by atoms with E-state index >= 15 is 0 Å². The van der Waals surface area contributed by atoms with Crippen molar-refractivity contribution in [2.24, 2.45) is 0 Å². The molecule has 1 rings (SSSR count). The van der Waals surface area contributed by atoms with Crippen molar-refractivity contribution in [3.63, 3.8) is 0 Å². The lowest BCUT2D eigenvalue weighted by atomic mass is 10.1. The van der Waals surface area contributed by atoms with E-state index in [1.807, 2.05) is 0 Å². The molecule has 2 unspecified atom stereocenters. The summed E-state index contributed by atoms with van der Waals surface area (Å²) < 4.78 is 18.6. The second-order valence-corrected chi connectivity index (χ2v) is 3.49. The molecule has 0 saturated carbocycles. The first-order chi connectivity index (χ1) is 7.11. The van der Waals surface area contributed by atoms with Crippen molar-refractivity contribution in [1.29, 1.82) is 0 Å². The average molecular weight is 229 g/mol. The molecular weight excluding hydrogens is 218 g/mol. The minimum atomic E-state index is -2.28. The lowest BCUT2D eigenvalue weighted by Crippen LogP contribution is -2.29. The van der Waals surface area contributed by atoms with Crippen LogP contribution in [0.1, 0.15) is 17.3 Å². The topological polar surface area (TPSA) is 75.6 Å². The van der Waals surface area contributed by atoms with E-state index in [0.717, 1.165) is 0 Å². The molecule has 0 amide bonds. The van der Waals surface area contributed by atoms with Gasteiger partial charge in [-0.15, -0.1) is 0 Å². The molecule has 0 fully saturated rings. The highest BCUT2D eigenvalue weighted by Crippen LogP contribution is 2.04. The highest BCUT2D eigenvalue weighted by Gasteiger charge is 2.16. The van der Waals surface area contributed by atoms with Crippen molar-refractivity contribution in [3.05, 3.63) is 35.9 Å². The predicted molar refractivity (Wildman–Crippen MR) is 55.2 cm³/mol. The van der Waals surface area contributed by atoms with Gasteiger partial charge in [-0.05, 0) is 6.92 Å². The Morgan fingerprint density at radius 3 is 2.60 bits per heavy atom. The largest absolute Gasteiger partial charge is 0.292 e. The Kier molecular flexibility index (Phi) is 4.57. The molecule has 82 valence electrons. The summed E-state index contributed by atoms with van der Waals surface area (Å²) in [5.74, 6) is -0.256. The van der Waals surface area contributed by atoms with E-state index in [1.54, 1.807) is 35.2 Å². The van der Waals surface area contributed by atoms with Gasteiger partial charge in [-0.3, -0.25) is 14.2 Å². The van der Waals surface area contributed by atoms with E-state index in [0.29, 0.717) is 5.56 Å². The van der Waals surface area contributed by atoms with Crippen molar-refractivity contribution in [2.45, 2.75) is 13.0 Å². The van der Waals surface area contributed by atoms with Crippen LogP contribution in [0.15, 0.2) is 30.3 Å². The zero-order chi connectivity index (χ0) is 11.3. The third kappa shape index (κ3) is 3.88. The number of hydrogen-bond acceptors (Lipinski definition) is 3. The number of benzene rings is 1. The van der Waals surface area contributed by atoms with Gasteiger partial charge in [0.2, 0.25) is 0 Å². The monoisotopic (exact) mass is 229 g/mol. The fourth-order valence-corrected chi connectivity index (χ4v) is 1.23. The second kappa shape index (κ2) is 5.72. The summed E-state index contributed by atoms with van der Waals surface area (Å²) in [5.41, 5.74) is 0.496. The Morgan fingerprint density at radius 2 is 2.07 bits per heavy atom. The fourth-order valence-electron chi connectivity index (χ4n) is 1.00. The van der Waals surface area contributed by atoms with Crippen molar-refractivity contribution >= 4 is 17.0 Å². The first kappa shape index (κ1) is 12.0. The maximum Gasteiger partial charge on any atom is 0.256 e. The van der Waals surface area contributed by atoms with E-state index in [1.165, 1.54) is 6.92 Å². The number of hydrogen-bond donors (Lipinski definition) is 2. The van der Waals surface area contributed by atoms with Gasteiger partial charge in [0.25, 0.3) is 11.3 Å². The van der Waals surface area contributed by atoms with Gasteiger partial charge < -0.3 is 0 Å². The van der Waals surface area contributed by atoms with E-state index in [9.17, 15) is 9.00 Å². The van der Waals surface area contributed by atoms with Crippen molar-refractivity contribution in [2.75, 3.05) is 0 Å². The van der Waals surface area contributed by atoms with E-state index in [4.69, 9.17) is 4.55 Å². The summed E-state index contributed by atoms with van der Waals surface area (Å²) in [6.07, 6.45) is -0.816. The van der Waals surface area contributed by atoms with Crippen LogP contribution in [0, 0.1) is 0 Å². The Hall–Kier alpha value is -1.08. The van der Waals surface area contributed by atoms with Crippen LogP contribution in [0.2, 0.25) is 0 Å². The average Bonchev–Trinajstić information content (AvgIpc) is 2.26. The molecule has 1 aromatic carbocycles. The quantitative estimate of drug-likeness (QED) is 0.447. The number of rotatable bonds is 5. The first-order valence-electron chi connectivity index (χ1n) is 4.22. The maximum absolute atomic E-state index is 11.6. The maximum atomic E-state index is 11.6. The minimum absolute atomic E-state index is 0.256. The first-order valence-corrected chi connectivity index (χ1v) is 5.33. The van der Waals surface area contributed by atoms with Gasteiger partial charge in [0.15, 0.2) is 5.78 Å². The molecule has 0 aliphatic carbocycles. The molecule has 6 heteroatoms. The van der Waals surface area contributed by atoms with Crippen molar-refractivity contribution < 1.29 is 18.4 Å². The molecular formula is C9H11NO4S. The molecule has 0 spiro atoms. The van der Waals surface area contributed by atoms with Gasteiger partial charge in [-0.25, -0.2) is 4.21 Å². The third-order valence-corrected chi connectivity index (χ3v) is 1.96. The predicted octanol–water partition coefficient (Wildman–Crippen LogP) is 0.916. The van der Waals surface area contributed by atoms with Gasteiger partial charge in [0.1, 0.15) is 6.10 Å². The Labute approximate surface area is 89.8 Å². The van der Waals surface area contributed by atoms with E-state index < -0.39 is 17.4 Å². The van der Waals surface area contributed by atoms with Crippen LogP contribution in [0.3, 0.4) is 0 Å². The zero-order valence-electron chi connectivity index (χ0n) is 8.04. The molecule has 0 radical (unpaired) electrons. The molecule has 0 bridgehead atoms. The highest BCUT2D eigenvalue weighted by atomic mass is 32.2. The molecule has 0 aliphatic heterocycles. The molecule has 15 heavy (non-hydrogen) atoms. The van der Waals surface area contributed by atoms with Crippen LogP contribution in [0.5, 0.6) is 0 Å². The number of ketones is 1. The molecule has 0 saturated heterocycles. The number of carbonyl (C=O) groups excluding carboxylic acids is 1. The molecule has 2 N–H and O–H groups in total. The van der Waals surface area contributed by atoms with E-state index in [2.05, 4.69) is 4.84 Å². The molecule has 0 aliphatic rings. The summed E-state index contributed by atoms with van der Waals surface area (Å²) in [5, 5.41) is 0. The van der Waals surface area contributed by atoms with E-state index in [-0.39, 0.29) is 5.78 Å². The standard InChI is InChI=1S/C9H11NO4S/c1-7(14-10-15(12)13)9(11)8-5-3-2-4-6-8/h2-7,10H,1H3,(H,12,13). The molecule has 1 aromatic rings. The summed E-state index contributed by atoms with van der Waals surface area (Å²) in [6.45, 7) is 1.50. The van der Waals surface area contributed by atoms with Gasteiger partial charge in [0, 0.05) is 5.56 Å². The van der Waals surface area contributed by atoms with Crippen LogP contribution in [-0.2, 0) is 16.1 Å². The van der Waals surface area contributed by atoms with Crippen molar-refractivity contribution in [3.8, 4) is 0 Å². The summed E-state index contributed by atoms with van der Waals surface area (Å²) >= 11 is -2.28. The van der Waals surface area contributed by atoms with Gasteiger partial charge >= 0.3 is 0 Å². The van der Waals surface area contributed by atoms with Crippen LogP contribution in [-0.4, -0.2) is 20.6 Å². The third-order valence-electron chi connectivity index (χ3n) is 1.72. The van der Waals surface area contributed by atoms with Gasteiger partial charge in [0.05, 0.1) is 0 Å². The van der Waals surface area contributed by atoms with Crippen LogP contribution < -0.4 is 4.89 Å². The van der Waals surface area contributed by atoms with Crippen molar-refractivity contribution in [1.82, 2.24) is 4.89 Å². The summed E-state index contributed by atoms with van der Waals surface area (Å²) in [6, 6.07) is 8.56. The number of Topliss-reactive ketones (excluding diaryl/α,β-unsaturated/α-hetero) is 1. The minimum Gasteiger partial charge on any atom is -0.292 e. The second-order valence-electron chi connectivity index (χ2n) is 2.82. The molecule has 0 aromatic heterocycles. The molecule has 5 nitrogen and oxygen atoms in total. The summed E-state index contributed by atoms with van der Waals surface area (Å²) in [7, 11) is 0. The Morgan fingerprint density at radius 1 is 1.47 bits per heavy atom. The van der Waals surface area contributed by atoms with Crippen LogP contribution in [0.4, 0.5) is 0 Å². The normalized spacial score (nSPS) is 14.5. The molecule has 0 heterocycles. The zero-order valence-corrected chi connectivity index (χ0v) is 8.86. The number of carbonyl (C=O) groups is 1. The molecule has 2 atom stereocenters. The SMILES string of the molecule is CC(ONS(=O)O)C(=O)c1ccccc1. The number of nitrogens with one attached hydrogen (secondary N) is 1. The Bertz CT molecular complexity index is 354.